The summed E-state index contributed by atoms with van der Waals surface area (Å²) >= 11 is 0. The number of aliphatic carboxylic acids is 1. The number of hydrogen-bond donors (Lipinski definition) is 2. The van der Waals surface area contributed by atoms with Crippen LogP contribution < -0.4 is 5.32 Å². The van der Waals surface area contributed by atoms with E-state index in [-0.39, 0.29) is 24.7 Å². The van der Waals surface area contributed by atoms with Gasteiger partial charge in [-0.2, -0.15) is 0 Å². The maximum absolute atomic E-state index is 12.0. The Morgan fingerprint density at radius 3 is 2.10 bits per heavy atom. The van der Waals surface area contributed by atoms with Crippen molar-refractivity contribution in [1.29, 1.82) is 0 Å². The summed E-state index contributed by atoms with van der Waals surface area (Å²) in [4.78, 5) is 35.6. The summed E-state index contributed by atoms with van der Waals surface area (Å²) in [7, 11) is 3.32. The highest BCUT2D eigenvalue weighted by Gasteiger charge is 2.22. The van der Waals surface area contributed by atoms with Crippen molar-refractivity contribution in [1.82, 2.24) is 10.2 Å². The Hall–Kier alpha value is -1.59. The van der Waals surface area contributed by atoms with Crippen LogP contribution in [-0.2, 0) is 14.4 Å². The van der Waals surface area contributed by atoms with Crippen molar-refractivity contribution in [3.8, 4) is 0 Å². The van der Waals surface area contributed by atoms with Gasteiger partial charge in [-0.3, -0.25) is 14.4 Å². The van der Waals surface area contributed by atoms with Crippen LogP contribution in [-0.4, -0.2) is 47.9 Å². The Morgan fingerprint density at radius 1 is 1.10 bits per heavy atom. The van der Waals surface area contributed by atoms with Gasteiger partial charge in [-0.25, -0.2) is 0 Å². The lowest BCUT2D eigenvalue weighted by molar-refractivity contribution is -0.137. The van der Waals surface area contributed by atoms with Crippen LogP contribution in [0.1, 0.15) is 46.0 Å². The van der Waals surface area contributed by atoms with Crippen LogP contribution >= 0.6 is 0 Å². The molecular weight excluding hydrogens is 260 g/mol. The van der Waals surface area contributed by atoms with Gasteiger partial charge in [-0.05, 0) is 25.2 Å². The second-order valence-electron chi connectivity index (χ2n) is 5.58. The zero-order chi connectivity index (χ0) is 15.7. The Balaban J connectivity index is 4.25. The smallest absolute Gasteiger partial charge is 0.303 e. The highest BCUT2D eigenvalue weighted by Crippen LogP contribution is 2.08. The number of likely N-dealkylation sites (N-methyl/N-ethyl adjacent to an activating group) is 1. The molecule has 0 bridgehead atoms. The SMILES string of the molecule is CC(C)CC(NC(=O)CCCCC(=O)O)C(=O)N(C)C. The first kappa shape index (κ1) is 18.4. The summed E-state index contributed by atoms with van der Waals surface area (Å²) in [5.74, 6) is -0.865. The summed E-state index contributed by atoms with van der Waals surface area (Å²) in [5.41, 5.74) is 0. The van der Waals surface area contributed by atoms with E-state index in [1.807, 2.05) is 13.8 Å². The average molecular weight is 286 g/mol. The number of carbonyl (C=O) groups is 3. The summed E-state index contributed by atoms with van der Waals surface area (Å²) in [5, 5.41) is 11.2. The number of nitrogens with zero attached hydrogens (tertiary/aromatic N) is 1. The van der Waals surface area contributed by atoms with Crippen LogP contribution in [0, 0.1) is 5.92 Å². The summed E-state index contributed by atoms with van der Waals surface area (Å²) in [6.07, 6.45) is 1.90. The fourth-order valence-electron chi connectivity index (χ4n) is 1.83. The molecule has 0 heterocycles. The summed E-state index contributed by atoms with van der Waals surface area (Å²) < 4.78 is 0. The first-order valence-corrected chi connectivity index (χ1v) is 6.96. The van der Waals surface area contributed by atoms with Crippen LogP contribution in [0.3, 0.4) is 0 Å². The molecule has 0 aliphatic rings. The lowest BCUT2D eigenvalue weighted by Crippen LogP contribution is -2.46. The molecule has 0 radical (unpaired) electrons. The average Bonchev–Trinajstić information content (AvgIpc) is 2.32. The second kappa shape index (κ2) is 9.34. The van der Waals surface area contributed by atoms with Crippen LogP contribution in [0.2, 0.25) is 0 Å². The van der Waals surface area contributed by atoms with Gasteiger partial charge in [-0.15, -0.1) is 0 Å². The maximum atomic E-state index is 12.0. The van der Waals surface area contributed by atoms with Gasteiger partial charge in [0.05, 0.1) is 0 Å². The van der Waals surface area contributed by atoms with Crippen LogP contribution in [0.15, 0.2) is 0 Å². The summed E-state index contributed by atoms with van der Waals surface area (Å²) in [6.45, 7) is 3.99. The number of carboxylic acid groups (broad SMARTS) is 1. The Kier molecular flexibility index (Phi) is 8.59. The van der Waals surface area contributed by atoms with E-state index in [0.717, 1.165) is 0 Å². The molecular formula is C14H26N2O4. The molecule has 0 aromatic rings. The molecule has 0 aromatic carbocycles. The standard InChI is InChI=1S/C14H26N2O4/c1-10(2)9-11(14(20)16(3)4)15-12(17)7-5-6-8-13(18)19/h10-11H,5-9H2,1-4H3,(H,15,17)(H,18,19). The molecule has 0 saturated heterocycles. The number of unbranched alkanes of at least 4 members (excludes halogenated alkanes) is 1. The third-order valence-corrected chi connectivity index (χ3v) is 2.83. The Labute approximate surface area is 120 Å². The molecule has 0 spiro atoms. The largest absolute Gasteiger partial charge is 0.481 e. The molecule has 0 fully saturated rings. The molecule has 2 amide bonds. The lowest BCUT2D eigenvalue weighted by Gasteiger charge is -2.23. The Bertz CT molecular complexity index is 340. The topological polar surface area (TPSA) is 86.7 Å². The molecule has 0 saturated carbocycles. The molecule has 2 N–H and O–H groups in total. The zero-order valence-electron chi connectivity index (χ0n) is 12.8. The zero-order valence-corrected chi connectivity index (χ0v) is 12.8. The third kappa shape index (κ3) is 8.50. The van der Waals surface area contributed by atoms with Gasteiger partial charge >= 0.3 is 5.97 Å². The molecule has 1 unspecified atom stereocenters. The van der Waals surface area contributed by atoms with E-state index in [1.54, 1.807) is 14.1 Å². The van der Waals surface area contributed by atoms with Crippen molar-refractivity contribution in [2.45, 2.75) is 52.0 Å². The van der Waals surface area contributed by atoms with Crippen molar-refractivity contribution in [3.63, 3.8) is 0 Å². The number of hydrogen-bond acceptors (Lipinski definition) is 3. The molecule has 20 heavy (non-hydrogen) atoms. The number of amides is 2. The van der Waals surface area contributed by atoms with E-state index in [2.05, 4.69) is 5.32 Å². The highest BCUT2D eigenvalue weighted by atomic mass is 16.4. The normalized spacial score (nSPS) is 12.1. The van der Waals surface area contributed by atoms with Crippen molar-refractivity contribution >= 4 is 17.8 Å². The van der Waals surface area contributed by atoms with E-state index in [4.69, 9.17) is 5.11 Å². The molecule has 0 rings (SSSR count). The fraction of sp³-hybridized carbons (Fsp3) is 0.786. The Morgan fingerprint density at radius 2 is 1.65 bits per heavy atom. The predicted molar refractivity (Wildman–Crippen MR) is 76.2 cm³/mol. The van der Waals surface area contributed by atoms with E-state index < -0.39 is 12.0 Å². The van der Waals surface area contributed by atoms with Crippen LogP contribution in [0.5, 0.6) is 0 Å². The van der Waals surface area contributed by atoms with Gasteiger partial charge in [0.15, 0.2) is 0 Å². The number of carbonyl (C=O) groups excluding carboxylic acids is 2. The number of rotatable bonds is 9. The quantitative estimate of drug-likeness (QED) is 0.625. The third-order valence-electron chi connectivity index (χ3n) is 2.83. The van der Waals surface area contributed by atoms with Crippen molar-refractivity contribution in [3.05, 3.63) is 0 Å². The van der Waals surface area contributed by atoms with Gasteiger partial charge in [-0.1, -0.05) is 13.8 Å². The van der Waals surface area contributed by atoms with E-state index in [9.17, 15) is 14.4 Å². The molecule has 6 heteroatoms. The monoisotopic (exact) mass is 286 g/mol. The first-order chi connectivity index (χ1) is 9.23. The molecule has 0 aliphatic carbocycles. The lowest BCUT2D eigenvalue weighted by atomic mass is 10.0. The number of nitrogens with one attached hydrogen (secondary N) is 1. The van der Waals surface area contributed by atoms with Gasteiger partial charge in [0.25, 0.3) is 0 Å². The summed E-state index contributed by atoms with van der Waals surface area (Å²) in [6, 6.07) is -0.503. The second-order valence-corrected chi connectivity index (χ2v) is 5.58. The van der Waals surface area contributed by atoms with E-state index in [0.29, 0.717) is 25.2 Å². The van der Waals surface area contributed by atoms with Gasteiger partial charge in [0, 0.05) is 26.9 Å². The van der Waals surface area contributed by atoms with Crippen LogP contribution in [0.25, 0.3) is 0 Å². The minimum atomic E-state index is -0.856. The minimum Gasteiger partial charge on any atom is -0.481 e. The van der Waals surface area contributed by atoms with E-state index >= 15 is 0 Å². The number of carboxylic acids is 1. The maximum Gasteiger partial charge on any atom is 0.303 e. The molecule has 1 atom stereocenters. The van der Waals surface area contributed by atoms with Crippen molar-refractivity contribution in [2.24, 2.45) is 5.92 Å². The van der Waals surface area contributed by atoms with Crippen molar-refractivity contribution < 1.29 is 19.5 Å². The molecule has 0 aromatic heterocycles. The van der Waals surface area contributed by atoms with Gasteiger partial charge < -0.3 is 15.3 Å². The predicted octanol–water partition coefficient (Wildman–Crippen LogP) is 1.25. The molecule has 6 nitrogen and oxygen atoms in total. The molecule has 0 aliphatic heterocycles. The minimum absolute atomic E-state index is 0.0688. The highest BCUT2D eigenvalue weighted by molar-refractivity contribution is 5.87. The van der Waals surface area contributed by atoms with Crippen LogP contribution in [0.4, 0.5) is 0 Å². The van der Waals surface area contributed by atoms with Gasteiger partial charge in [0.1, 0.15) is 6.04 Å². The molecule has 116 valence electrons. The first-order valence-electron chi connectivity index (χ1n) is 6.96. The fourth-order valence-corrected chi connectivity index (χ4v) is 1.83. The van der Waals surface area contributed by atoms with Gasteiger partial charge in [0.2, 0.25) is 11.8 Å². The van der Waals surface area contributed by atoms with Crippen molar-refractivity contribution in [2.75, 3.05) is 14.1 Å². The van der Waals surface area contributed by atoms with E-state index in [1.165, 1.54) is 4.90 Å².